The predicted molar refractivity (Wildman–Crippen MR) is 268 cm³/mol. The van der Waals surface area contributed by atoms with Crippen molar-refractivity contribution in [2.24, 2.45) is 45.3 Å². The van der Waals surface area contributed by atoms with Crippen molar-refractivity contribution in [2.45, 2.75) is 253 Å². The van der Waals surface area contributed by atoms with Gasteiger partial charge in [-0.3, -0.25) is 0 Å². The molecule has 0 bridgehead atoms. The van der Waals surface area contributed by atoms with Gasteiger partial charge in [-0.2, -0.15) is 0 Å². The second kappa shape index (κ2) is 23.7. The van der Waals surface area contributed by atoms with Gasteiger partial charge in [-0.25, -0.2) is 0 Å². The van der Waals surface area contributed by atoms with Crippen molar-refractivity contribution in [1.29, 1.82) is 0 Å². The Morgan fingerprint density at radius 3 is 1.54 bits per heavy atom. The van der Waals surface area contributed by atoms with E-state index in [1.54, 1.807) is 13.8 Å². The number of hydrogen-bond acceptors (Lipinski definition) is 24. The van der Waals surface area contributed by atoms with Crippen LogP contribution in [0.1, 0.15) is 107 Å². The van der Waals surface area contributed by atoms with Crippen LogP contribution in [0.3, 0.4) is 0 Å². The van der Waals surface area contributed by atoms with Gasteiger partial charge in [-0.1, -0.05) is 53.2 Å². The Balaban J connectivity index is 0.909. The van der Waals surface area contributed by atoms with Crippen LogP contribution in [0.25, 0.3) is 0 Å². The molecule has 4 saturated heterocycles. The van der Waals surface area contributed by atoms with Gasteiger partial charge in [0.1, 0.15) is 97.7 Å². The summed E-state index contributed by atoms with van der Waals surface area (Å²) in [5.41, 5.74) is -2.02. The van der Waals surface area contributed by atoms with E-state index in [4.69, 9.17) is 37.9 Å². The van der Waals surface area contributed by atoms with Crippen LogP contribution in [0.4, 0.5) is 0 Å². The average Bonchev–Trinajstić information content (AvgIpc) is 2.95. The van der Waals surface area contributed by atoms with Crippen LogP contribution < -0.4 is 0 Å². The van der Waals surface area contributed by atoms with E-state index in [0.717, 1.165) is 18.4 Å². The molecule has 0 spiro atoms. The molecule has 24 nitrogen and oxygen atoms in total. The molecule has 30 atom stereocenters. The normalized spacial score (nSPS) is 51.4. The zero-order chi connectivity index (χ0) is 57.5. The Morgan fingerprint density at radius 2 is 1.04 bits per heavy atom. The van der Waals surface area contributed by atoms with Crippen molar-refractivity contribution >= 4 is 0 Å². The molecule has 0 amide bonds. The van der Waals surface area contributed by atoms with Crippen molar-refractivity contribution in [1.82, 2.24) is 0 Å². The van der Waals surface area contributed by atoms with Gasteiger partial charge in [0.15, 0.2) is 25.2 Å². The molecular formula is C54H92O24. The third-order valence-corrected chi connectivity index (χ3v) is 20.8. The summed E-state index contributed by atoms with van der Waals surface area (Å²) in [6.07, 6.45) is -26.2. The molecular weight excluding hydrogens is 1030 g/mol. The monoisotopic (exact) mass is 1120 g/mol. The first-order valence-corrected chi connectivity index (χ1v) is 28.0. The minimum Gasteiger partial charge on any atom is -0.394 e. The average molecular weight is 1130 g/mol. The van der Waals surface area contributed by atoms with Gasteiger partial charge in [0.25, 0.3) is 0 Å². The SMILES string of the molecule is CC(CC[C@@H](O[C@@H]1O[C@H](CO[C@@H]2O[C@H](CO)[C@@H](O)[C@H](O)[C@H]2O)[C@@H](O)[C@H](O)[C@H]1O)C(C)(C)O)C1CC[C@@]2(C)C3CC=C4C(CC[C@H](O[C@@H]5O[C@H](CO[C@@H]6O[C@H](CO)[C@@H](O)[C@H](O)[C@H]6O)[C@@H](O)[C@H](O)[C@H]5O)C4(C)C)[C@]3(C)[C@H](O)CC12C. The molecule has 0 radical (unpaired) electrons. The molecule has 5 unspecified atom stereocenters. The molecule has 0 aromatic heterocycles. The lowest BCUT2D eigenvalue weighted by atomic mass is 9.38. The summed E-state index contributed by atoms with van der Waals surface area (Å²) in [6.45, 7) is 13.9. The minimum absolute atomic E-state index is 0.0242. The van der Waals surface area contributed by atoms with Crippen LogP contribution in [-0.4, -0.2) is 255 Å². The van der Waals surface area contributed by atoms with Crippen LogP contribution >= 0.6 is 0 Å². The van der Waals surface area contributed by atoms with Gasteiger partial charge in [-0.05, 0) is 99.7 Å². The maximum absolute atomic E-state index is 12.7. The summed E-state index contributed by atoms with van der Waals surface area (Å²) in [5.74, 6) is 0.307. The highest BCUT2D eigenvalue weighted by molar-refractivity contribution is 5.32. The van der Waals surface area contributed by atoms with Gasteiger partial charge in [0.05, 0.1) is 50.3 Å². The van der Waals surface area contributed by atoms with Crippen molar-refractivity contribution in [3.63, 3.8) is 0 Å². The largest absolute Gasteiger partial charge is 0.394 e. The fourth-order valence-corrected chi connectivity index (χ4v) is 15.5. The van der Waals surface area contributed by atoms with Crippen molar-refractivity contribution in [2.75, 3.05) is 26.4 Å². The smallest absolute Gasteiger partial charge is 0.187 e. The zero-order valence-corrected chi connectivity index (χ0v) is 46.1. The fraction of sp³-hybridized carbons (Fsp3) is 0.963. The van der Waals surface area contributed by atoms with Gasteiger partial charge >= 0.3 is 0 Å². The molecule has 0 aromatic carbocycles. The first kappa shape index (κ1) is 62.8. The summed E-state index contributed by atoms with van der Waals surface area (Å²) >= 11 is 0. The molecule has 452 valence electrons. The third-order valence-electron chi connectivity index (χ3n) is 20.8. The lowest BCUT2D eigenvalue weighted by molar-refractivity contribution is -0.341. The van der Waals surface area contributed by atoms with Crippen LogP contribution in [0.5, 0.6) is 0 Å². The molecule has 4 aliphatic heterocycles. The molecule has 3 saturated carbocycles. The molecule has 78 heavy (non-hydrogen) atoms. The lowest BCUT2D eigenvalue weighted by Crippen LogP contribution is -2.65. The second-order valence-corrected chi connectivity index (χ2v) is 25.9. The fourth-order valence-electron chi connectivity index (χ4n) is 15.5. The summed E-state index contributed by atoms with van der Waals surface area (Å²) in [7, 11) is 0. The van der Waals surface area contributed by atoms with E-state index in [1.807, 2.05) is 0 Å². The number of rotatable bonds is 17. The van der Waals surface area contributed by atoms with E-state index in [1.165, 1.54) is 0 Å². The van der Waals surface area contributed by atoms with Crippen molar-refractivity contribution < 1.29 is 120 Å². The summed E-state index contributed by atoms with van der Waals surface area (Å²) in [5, 5.41) is 171. The predicted octanol–water partition coefficient (Wildman–Crippen LogP) is -3.23. The van der Waals surface area contributed by atoms with E-state index < -0.39 is 184 Å². The third kappa shape index (κ3) is 11.1. The van der Waals surface area contributed by atoms with E-state index in [9.17, 15) is 81.7 Å². The first-order valence-electron chi connectivity index (χ1n) is 28.0. The van der Waals surface area contributed by atoms with Gasteiger partial charge in [-0.15, -0.1) is 0 Å². The number of aliphatic hydroxyl groups excluding tert-OH is 15. The first-order chi connectivity index (χ1) is 36.4. The summed E-state index contributed by atoms with van der Waals surface area (Å²) in [6, 6.07) is 0. The van der Waals surface area contributed by atoms with Crippen molar-refractivity contribution in [3.8, 4) is 0 Å². The molecule has 24 heteroatoms. The van der Waals surface area contributed by atoms with Gasteiger partial charge in [0.2, 0.25) is 0 Å². The molecule has 16 N–H and O–H groups in total. The highest BCUT2D eigenvalue weighted by Crippen LogP contribution is 2.75. The summed E-state index contributed by atoms with van der Waals surface area (Å²) < 4.78 is 46.9. The molecule has 7 fully saturated rings. The Hall–Kier alpha value is -1.22. The van der Waals surface area contributed by atoms with Crippen molar-refractivity contribution in [3.05, 3.63) is 11.6 Å². The number of allylic oxidation sites excluding steroid dienone is 1. The second-order valence-electron chi connectivity index (χ2n) is 25.9. The molecule has 8 rings (SSSR count). The highest BCUT2D eigenvalue weighted by atomic mass is 16.7. The standard InChI is InChI=1S/C54H92O24/c1-22(9-13-33(51(4,5)70)78-49-45(69)41(65)37(61)29(76-49)21-72-47-43(67)39(63)35(59)27(19-56)74-47)23-15-16-52(6)30-12-10-24-25(54(30,8)31(57)17-53(23,52)7)11-14-32(50(24,2)3)77-48-44(68)40(64)36(60)28(75-48)20-71-46-42(66)38(62)34(58)26(18-55)73-46/h10,22-23,25-49,55-70H,9,11-21H2,1-8H3/t22?,23?,25?,26-,27-,28-,29-,30?,31-,32+,33-,34-,35-,36-,37-,38+,39+,40+,41+,42-,43-,44-,45-,46-,47-,48+,49+,52+,53?,54+/m1/s1. The van der Waals surface area contributed by atoms with Gasteiger partial charge in [0, 0.05) is 10.8 Å². The minimum atomic E-state index is -1.77. The van der Waals surface area contributed by atoms with Gasteiger partial charge < -0.3 is 120 Å². The van der Waals surface area contributed by atoms with E-state index in [0.29, 0.717) is 38.5 Å². The number of ether oxygens (including phenoxy) is 8. The molecule has 8 aliphatic rings. The Kier molecular flexibility index (Phi) is 19.1. The van der Waals surface area contributed by atoms with Crippen LogP contribution in [-0.2, 0) is 37.9 Å². The molecule has 4 heterocycles. The van der Waals surface area contributed by atoms with Crippen LogP contribution in [0.2, 0.25) is 0 Å². The quantitative estimate of drug-likeness (QED) is 0.0637. The number of fused-ring (bicyclic) bond motifs is 5. The van der Waals surface area contributed by atoms with E-state index in [2.05, 4.69) is 47.6 Å². The maximum Gasteiger partial charge on any atom is 0.187 e. The topological polar surface area (TPSA) is 398 Å². The lowest BCUT2D eigenvalue weighted by Gasteiger charge is -2.67. The summed E-state index contributed by atoms with van der Waals surface area (Å²) in [4.78, 5) is 0. The maximum atomic E-state index is 12.7. The molecule has 0 aromatic rings. The Bertz CT molecular complexity index is 2030. The Morgan fingerprint density at radius 1 is 0.577 bits per heavy atom. The van der Waals surface area contributed by atoms with E-state index in [-0.39, 0.29) is 34.5 Å². The molecule has 4 aliphatic carbocycles. The van der Waals surface area contributed by atoms with Crippen LogP contribution in [0.15, 0.2) is 11.6 Å². The van der Waals surface area contributed by atoms with Crippen LogP contribution in [0, 0.1) is 45.3 Å². The highest BCUT2D eigenvalue weighted by Gasteiger charge is 2.70. The number of aliphatic hydroxyl groups is 16. The Labute approximate surface area is 455 Å². The zero-order valence-electron chi connectivity index (χ0n) is 46.1. The number of hydrogen-bond donors (Lipinski definition) is 16. The van der Waals surface area contributed by atoms with E-state index >= 15 is 0 Å².